The fraction of sp³-hybridized carbons (Fsp3) is 0.222. The summed E-state index contributed by atoms with van der Waals surface area (Å²) in [5, 5.41) is -0.426. The van der Waals surface area contributed by atoms with Crippen LogP contribution in [0.4, 0.5) is 4.79 Å². The van der Waals surface area contributed by atoms with Gasteiger partial charge in [-0.3, -0.25) is 19.3 Å². The van der Waals surface area contributed by atoms with Gasteiger partial charge in [-0.05, 0) is 87.3 Å². The number of nitrogens with zero attached hydrogens (tertiary/aromatic N) is 2. The predicted molar refractivity (Wildman–Crippen MR) is 141 cm³/mol. The van der Waals surface area contributed by atoms with Gasteiger partial charge < -0.3 is 4.57 Å². The number of hydrogen-bond acceptors (Lipinski definition) is 4. The van der Waals surface area contributed by atoms with Crippen molar-refractivity contribution in [1.82, 2.24) is 9.47 Å². The highest BCUT2D eigenvalue weighted by atomic mass is 79.9. The first-order chi connectivity index (χ1) is 16.1. The number of benzene rings is 2. The van der Waals surface area contributed by atoms with Crippen LogP contribution in [0.15, 0.2) is 51.8 Å². The summed E-state index contributed by atoms with van der Waals surface area (Å²) in [5.74, 6) is -0.696. The summed E-state index contributed by atoms with van der Waals surface area (Å²) in [6, 6.07) is 13.3. The van der Waals surface area contributed by atoms with E-state index in [4.69, 9.17) is 0 Å². The van der Waals surface area contributed by atoms with Crippen molar-refractivity contribution in [3.05, 3.63) is 91.0 Å². The molecule has 1 aromatic heterocycles. The first-order valence-corrected chi connectivity index (χ1v) is 12.5. The molecule has 0 bridgehead atoms. The fourth-order valence-electron chi connectivity index (χ4n) is 4.14. The van der Waals surface area contributed by atoms with Gasteiger partial charge in [0.15, 0.2) is 5.78 Å². The molecule has 1 aliphatic rings. The molecule has 0 N–H and O–H groups in total. The third-order valence-corrected chi connectivity index (χ3v) is 8.14. The minimum Gasteiger partial charge on any atom is -0.318 e. The van der Waals surface area contributed by atoms with Crippen LogP contribution in [0.5, 0.6) is 0 Å². The van der Waals surface area contributed by atoms with Crippen LogP contribution in [-0.2, 0) is 4.79 Å². The summed E-state index contributed by atoms with van der Waals surface area (Å²) < 4.78 is 3.23. The number of carbonyl (C=O) groups excluding carboxylic acids is 3. The van der Waals surface area contributed by atoms with E-state index in [2.05, 4.69) is 46.5 Å². The molecule has 7 heteroatoms. The molecule has 5 nitrogen and oxygen atoms in total. The molecule has 1 saturated heterocycles. The Hall–Kier alpha value is -2.90. The van der Waals surface area contributed by atoms with E-state index in [1.54, 1.807) is 18.2 Å². The predicted octanol–water partition coefficient (Wildman–Crippen LogP) is 6.70. The van der Waals surface area contributed by atoms with Crippen LogP contribution in [0.3, 0.4) is 0 Å². The number of aryl methyl sites for hydroxylation is 4. The Labute approximate surface area is 212 Å². The molecule has 0 atom stereocenters. The Bertz CT molecular complexity index is 1350. The molecule has 34 heavy (non-hydrogen) atoms. The summed E-state index contributed by atoms with van der Waals surface area (Å²) in [7, 11) is 0. The molecular weight excluding hydrogens is 512 g/mol. The van der Waals surface area contributed by atoms with E-state index in [1.165, 1.54) is 0 Å². The number of amides is 2. The topological polar surface area (TPSA) is 59.4 Å². The van der Waals surface area contributed by atoms with Gasteiger partial charge in [0.25, 0.3) is 11.1 Å². The Kier molecular flexibility index (Phi) is 6.69. The largest absolute Gasteiger partial charge is 0.318 e. The number of ketones is 1. The fourth-order valence-corrected chi connectivity index (χ4v) is 5.19. The van der Waals surface area contributed by atoms with Crippen molar-refractivity contribution in [1.29, 1.82) is 0 Å². The third kappa shape index (κ3) is 4.55. The minimum atomic E-state index is -0.435. The zero-order valence-corrected chi connectivity index (χ0v) is 22.1. The average molecular weight is 537 g/mol. The maximum Gasteiger partial charge on any atom is 0.293 e. The first-order valence-electron chi connectivity index (χ1n) is 10.9. The SMILES string of the molecule is Cc1ccc(C(=O)CN2C(=O)S/C(=C\c3cc(C)n(-c4cc(C)c(Br)c(C)c4)c3C)C2=O)cc1. The van der Waals surface area contributed by atoms with E-state index in [0.717, 1.165) is 60.5 Å². The Morgan fingerprint density at radius 1 is 0.971 bits per heavy atom. The lowest BCUT2D eigenvalue weighted by atomic mass is 10.1. The number of aromatic nitrogens is 1. The van der Waals surface area contributed by atoms with Gasteiger partial charge in [0.1, 0.15) is 0 Å². The molecule has 0 saturated carbocycles. The average Bonchev–Trinajstić information content (AvgIpc) is 3.21. The lowest BCUT2D eigenvalue weighted by Gasteiger charge is -2.13. The molecule has 1 aliphatic heterocycles. The number of hydrogen-bond donors (Lipinski definition) is 0. The van der Waals surface area contributed by atoms with Crippen LogP contribution in [-0.4, -0.2) is 32.9 Å². The number of rotatable bonds is 5. The van der Waals surface area contributed by atoms with Crippen LogP contribution >= 0.6 is 27.7 Å². The summed E-state index contributed by atoms with van der Waals surface area (Å²) in [6.07, 6.45) is 1.75. The highest BCUT2D eigenvalue weighted by Crippen LogP contribution is 2.34. The van der Waals surface area contributed by atoms with E-state index < -0.39 is 11.1 Å². The Balaban J connectivity index is 1.61. The van der Waals surface area contributed by atoms with Crippen molar-refractivity contribution < 1.29 is 14.4 Å². The van der Waals surface area contributed by atoms with Gasteiger partial charge in [0.2, 0.25) is 0 Å². The van der Waals surface area contributed by atoms with Gasteiger partial charge >= 0.3 is 0 Å². The molecule has 0 unspecified atom stereocenters. The normalized spacial score (nSPS) is 15.0. The van der Waals surface area contributed by atoms with Crippen LogP contribution in [0.25, 0.3) is 11.8 Å². The molecule has 0 spiro atoms. The van der Waals surface area contributed by atoms with E-state index in [9.17, 15) is 14.4 Å². The lowest BCUT2D eigenvalue weighted by Crippen LogP contribution is -2.33. The second kappa shape index (κ2) is 9.39. The van der Waals surface area contributed by atoms with Gasteiger partial charge in [-0.15, -0.1) is 0 Å². The Morgan fingerprint density at radius 2 is 1.59 bits per heavy atom. The lowest BCUT2D eigenvalue weighted by molar-refractivity contribution is -0.122. The standard InChI is InChI=1S/C27H25BrN2O3S/c1-15-6-8-20(9-7-15)23(31)14-29-26(32)24(34-27(29)33)13-21-12-18(4)30(19(21)5)22-10-16(2)25(28)17(3)11-22/h6-13H,14H2,1-5H3/b24-13-. The van der Waals surface area contributed by atoms with E-state index in [0.29, 0.717) is 10.5 Å². The summed E-state index contributed by atoms with van der Waals surface area (Å²) >= 11 is 4.49. The van der Waals surface area contributed by atoms with Crippen LogP contribution in [0.1, 0.15) is 44.0 Å². The zero-order valence-electron chi connectivity index (χ0n) is 19.7. The molecule has 4 rings (SSSR count). The van der Waals surface area contributed by atoms with Gasteiger partial charge in [-0.1, -0.05) is 45.8 Å². The van der Waals surface area contributed by atoms with Crippen LogP contribution in [0, 0.1) is 34.6 Å². The van der Waals surface area contributed by atoms with Crippen molar-refractivity contribution in [3.63, 3.8) is 0 Å². The molecule has 2 heterocycles. The summed E-state index contributed by atoms with van der Waals surface area (Å²) in [5.41, 5.74) is 7.72. The highest BCUT2D eigenvalue weighted by Gasteiger charge is 2.36. The maximum atomic E-state index is 13.0. The number of carbonyl (C=O) groups is 3. The van der Waals surface area contributed by atoms with Crippen molar-refractivity contribution in [2.45, 2.75) is 34.6 Å². The second-order valence-corrected chi connectivity index (χ2v) is 10.4. The minimum absolute atomic E-state index is 0.261. The van der Waals surface area contributed by atoms with E-state index in [-0.39, 0.29) is 12.3 Å². The van der Waals surface area contributed by atoms with Gasteiger partial charge in [0, 0.05) is 27.1 Å². The van der Waals surface area contributed by atoms with Gasteiger partial charge in [0.05, 0.1) is 11.4 Å². The quantitative estimate of drug-likeness (QED) is 0.269. The number of thioether (sulfide) groups is 1. The van der Waals surface area contributed by atoms with Gasteiger partial charge in [-0.25, -0.2) is 0 Å². The third-order valence-electron chi connectivity index (χ3n) is 5.99. The zero-order chi connectivity index (χ0) is 24.7. The van der Waals surface area contributed by atoms with Crippen molar-refractivity contribution in [3.8, 4) is 5.69 Å². The maximum absolute atomic E-state index is 13.0. The smallest absolute Gasteiger partial charge is 0.293 e. The van der Waals surface area contributed by atoms with Crippen LogP contribution < -0.4 is 0 Å². The van der Waals surface area contributed by atoms with Crippen molar-refractivity contribution in [2.24, 2.45) is 0 Å². The van der Waals surface area contributed by atoms with E-state index in [1.807, 2.05) is 39.0 Å². The van der Waals surface area contributed by atoms with Gasteiger partial charge in [-0.2, -0.15) is 0 Å². The molecule has 0 aliphatic carbocycles. The highest BCUT2D eigenvalue weighted by molar-refractivity contribution is 9.10. The summed E-state index contributed by atoms with van der Waals surface area (Å²) in [4.78, 5) is 39.5. The van der Waals surface area contributed by atoms with Crippen LogP contribution in [0.2, 0.25) is 0 Å². The molecule has 2 aromatic carbocycles. The number of imide groups is 1. The second-order valence-electron chi connectivity index (χ2n) is 8.61. The molecule has 174 valence electrons. The first kappa shape index (κ1) is 24.2. The Morgan fingerprint density at radius 3 is 2.21 bits per heavy atom. The molecule has 1 fully saturated rings. The van der Waals surface area contributed by atoms with E-state index >= 15 is 0 Å². The molecule has 3 aromatic rings. The number of Topliss-reactive ketones (excluding diaryl/α,β-unsaturated/α-hetero) is 1. The van der Waals surface area contributed by atoms with Crippen molar-refractivity contribution in [2.75, 3.05) is 6.54 Å². The number of halogens is 1. The summed E-state index contributed by atoms with van der Waals surface area (Å²) in [6.45, 7) is 9.81. The molecular formula is C27H25BrN2O3S. The molecule has 2 amide bonds. The molecule has 0 radical (unpaired) electrons. The van der Waals surface area contributed by atoms with Crippen molar-refractivity contribution >= 4 is 50.7 Å². The monoisotopic (exact) mass is 536 g/mol.